The average Bonchev–Trinajstić information content (AvgIpc) is 2.87. The van der Waals surface area contributed by atoms with Crippen molar-refractivity contribution in [1.82, 2.24) is 10.2 Å². The predicted octanol–water partition coefficient (Wildman–Crippen LogP) is 2.11. The standard InChI is InChI=1S/C13H15ClN2O2S/c14-5-11-8-6-16(13(18)9(8)7-19-11)10-3-1-2-4-15-12(10)17/h7,10H,1-6H2,(H,15,17). The van der Waals surface area contributed by atoms with Gasteiger partial charge in [0.25, 0.3) is 5.91 Å². The molecule has 1 fully saturated rings. The van der Waals surface area contributed by atoms with Crippen LogP contribution < -0.4 is 5.32 Å². The fourth-order valence-corrected chi connectivity index (χ4v) is 3.99. The van der Waals surface area contributed by atoms with Crippen molar-refractivity contribution in [2.45, 2.75) is 37.7 Å². The summed E-state index contributed by atoms with van der Waals surface area (Å²) in [6.45, 7) is 1.24. The van der Waals surface area contributed by atoms with Gasteiger partial charge in [-0.1, -0.05) is 0 Å². The maximum Gasteiger partial charge on any atom is 0.256 e. The maximum absolute atomic E-state index is 12.4. The van der Waals surface area contributed by atoms with Gasteiger partial charge in [0.1, 0.15) is 6.04 Å². The van der Waals surface area contributed by atoms with Gasteiger partial charge in [0.05, 0.1) is 11.4 Å². The van der Waals surface area contributed by atoms with Crippen molar-refractivity contribution in [2.24, 2.45) is 0 Å². The van der Waals surface area contributed by atoms with Crippen molar-refractivity contribution in [3.63, 3.8) is 0 Å². The molecule has 2 aliphatic rings. The molecular weight excluding hydrogens is 284 g/mol. The van der Waals surface area contributed by atoms with Gasteiger partial charge >= 0.3 is 0 Å². The van der Waals surface area contributed by atoms with Gasteiger partial charge in [0, 0.05) is 23.3 Å². The van der Waals surface area contributed by atoms with Gasteiger partial charge in [-0.2, -0.15) is 0 Å². The highest BCUT2D eigenvalue weighted by Gasteiger charge is 2.38. The Morgan fingerprint density at radius 3 is 3.05 bits per heavy atom. The van der Waals surface area contributed by atoms with Crippen molar-refractivity contribution >= 4 is 34.8 Å². The lowest BCUT2D eigenvalue weighted by Gasteiger charge is -2.25. The van der Waals surface area contributed by atoms with Crippen LogP contribution in [0, 0.1) is 0 Å². The van der Waals surface area contributed by atoms with Crippen LogP contribution >= 0.6 is 22.9 Å². The van der Waals surface area contributed by atoms with Gasteiger partial charge in [-0.05, 0) is 24.8 Å². The van der Waals surface area contributed by atoms with Crippen molar-refractivity contribution in [3.05, 3.63) is 21.4 Å². The summed E-state index contributed by atoms with van der Waals surface area (Å²) in [7, 11) is 0. The van der Waals surface area contributed by atoms with Gasteiger partial charge in [0.15, 0.2) is 0 Å². The number of nitrogens with one attached hydrogen (secondary N) is 1. The molecule has 0 saturated carbocycles. The van der Waals surface area contributed by atoms with Crippen LogP contribution in [0.15, 0.2) is 5.38 Å². The monoisotopic (exact) mass is 298 g/mol. The summed E-state index contributed by atoms with van der Waals surface area (Å²) in [4.78, 5) is 27.2. The zero-order valence-corrected chi connectivity index (χ0v) is 12.0. The summed E-state index contributed by atoms with van der Waals surface area (Å²) in [6, 6.07) is -0.324. The molecule has 0 aromatic carbocycles. The number of alkyl halides is 1. The Bertz CT molecular complexity index is 529. The largest absolute Gasteiger partial charge is 0.354 e. The van der Waals surface area contributed by atoms with E-state index in [4.69, 9.17) is 11.6 Å². The average molecular weight is 299 g/mol. The van der Waals surface area contributed by atoms with Gasteiger partial charge in [-0.25, -0.2) is 0 Å². The Hall–Kier alpha value is -1.07. The quantitative estimate of drug-likeness (QED) is 0.850. The summed E-state index contributed by atoms with van der Waals surface area (Å²) in [5.74, 6) is 0.384. The van der Waals surface area contributed by atoms with Crippen LogP contribution in [0.2, 0.25) is 0 Å². The molecule has 1 saturated heterocycles. The number of hydrogen-bond acceptors (Lipinski definition) is 3. The van der Waals surface area contributed by atoms with E-state index >= 15 is 0 Å². The van der Waals surface area contributed by atoms with E-state index in [1.54, 1.807) is 4.90 Å². The molecule has 0 radical (unpaired) electrons. The van der Waals surface area contributed by atoms with Crippen LogP contribution in [0.25, 0.3) is 0 Å². The van der Waals surface area contributed by atoms with Crippen molar-refractivity contribution in [2.75, 3.05) is 6.54 Å². The van der Waals surface area contributed by atoms with Crippen molar-refractivity contribution < 1.29 is 9.59 Å². The fourth-order valence-electron chi connectivity index (χ4n) is 2.76. The number of thiophene rings is 1. The lowest BCUT2D eigenvalue weighted by molar-refractivity contribution is -0.125. The molecule has 1 unspecified atom stereocenters. The number of fused-ring (bicyclic) bond motifs is 1. The first-order valence-electron chi connectivity index (χ1n) is 6.46. The number of nitrogens with zero attached hydrogens (tertiary/aromatic N) is 1. The number of carbonyl (C=O) groups is 2. The van der Waals surface area contributed by atoms with E-state index in [1.165, 1.54) is 11.3 Å². The van der Waals surface area contributed by atoms with Gasteiger partial charge in [0.2, 0.25) is 5.91 Å². The molecule has 3 rings (SSSR count). The highest BCUT2D eigenvalue weighted by molar-refractivity contribution is 7.10. The molecule has 2 amide bonds. The Morgan fingerprint density at radius 2 is 2.26 bits per heavy atom. The summed E-state index contributed by atoms with van der Waals surface area (Å²) < 4.78 is 0. The molecular formula is C13H15ClN2O2S. The molecule has 0 spiro atoms. The fraction of sp³-hybridized carbons (Fsp3) is 0.538. The Morgan fingerprint density at radius 1 is 1.42 bits per heavy atom. The second-order valence-electron chi connectivity index (χ2n) is 4.92. The third-order valence-corrected chi connectivity index (χ3v) is 5.26. The van der Waals surface area contributed by atoms with Crippen LogP contribution in [0.1, 0.15) is 40.1 Å². The molecule has 0 aliphatic carbocycles. The number of rotatable bonds is 2. The number of amides is 2. The Kier molecular flexibility index (Phi) is 3.50. The van der Waals surface area contributed by atoms with Crippen LogP contribution in [0.3, 0.4) is 0 Å². The minimum atomic E-state index is -0.324. The van der Waals surface area contributed by atoms with E-state index in [9.17, 15) is 9.59 Å². The second-order valence-corrected chi connectivity index (χ2v) is 6.15. The van der Waals surface area contributed by atoms with Gasteiger partial charge in [-0.3, -0.25) is 9.59 Å². The minimum absolute atomic E-state index is 0.0212. The first kappa shape index (κ1) is 12.9. The minimum Gasteiger partial charge on any atom is -0.354 e. The molecule has 1 aromatic rings. The molecule has 2 aliphatic heterocycles. The Balaban J connectivity index is 1.86. The molecule has 1 atom stereocenters. The maximum atomic E-state index is 12.4. The van der Waals surface area contributed by atoms with E-state index in [0.717, 1.165) is 35.3 Å². The summed E-state index contributed by atoms with van der Waals surface area (Å²) in [5, 5.41) is 4.75. The van der Waals surface area contributed by atoms with Gasteiger partial charge in [-0.15, -0.1) is 22.9 Å². The molecule has 0 bridgehead atoms. The van der Waals surface area contributed by atoms with E-state index in [0.29, 0.717) is 19.0 Å². The summed E-state index contributed by atoms with van der Waals surface area (Å²) in [6.07, 6.45) is 2.71. The lowest BCUT2D eigenvalue weighted by Crippen LogP contribution is -2.45. The smallest absolute Gasteiger partial charge is 0.256 e. The van der Waals surface area contributed by atoms with Crippen molar-refractivity contribution in [1.29, 1.82) is 0 Å². The topological polar surface area (TPSA) is 49.4 Å². The zero-order chi connectivity index (χ0) is 13.4. The van der Waals surface area contributed by atoms with E-state index in [-0.39, 0.29) is 17.9 Å². The van der Waals surface area contributed by atoms with E-state index in [2.05, 4.69) is 5.32 Å². The highest BCUT2D eigenvalue weighted by Crippen LogP contribution is 2.34. The highest BCUT2D eigenvalue weighted by atomic mass is 35.5. The lowest BCUT2D eigenvalue weighted by atomic mass is 10.1. The number of carbonyl (C=O) groups excluding carboxylic acids is 2. The van der Waals surface area contributed by atoms with Crippen LogP contribution in [0.4, 0.5) is 0 Å². The SMILES string of the molecule is O=C1NCCCCC1N1Cc2c(csc2CCl)C1=O. The molecule has 4 nitrogen and oxygen atoms in total. The zero-order valence-electron chi connectivity index (χ0n) is 10.4. The van der Waals surface area contributed by atoms with Crippen LogP contribution in [0.5, 0.6) is 0 Å². The van der Waals surface area contributed by atoms with Gasteiger partial charge < -0.3 is 10.2 Å². The first-order chi connectivity index (χ1) is 9.22. The molecule has 6 heteroatoms. The third-order valence-electron chi connectivity index (χ3n) is 3.80. The van der Waals surface area contributed by atoms with Crippen LogP contribution in [-0.4, -0.2) is 29.3 Å². The molecule has 19 heavy (non-hydrogen) atoms. The Labute approximate surface area is 120 Å². The van der Waals surface area contributed by atoms with E-state index < -0.39 is 0 Å². The van der Waals surface area contributed by atoms with Crippen LogP contribution in [-0.2, 0) is 17.2 Å². The second kappa shape index (κ2) is 5.13. The molecule has 1 aromatic heterocycles. The summed E-state index contributed by atoms with van der Waals surface area (Å²) in [5.41, 5.74) is 1.75. The third kappa shape index (κ3) is 2.15. The first-order valence-corrected chi connectivity index (χ1v) is 7.87. The normalized spacial score (nSPS) is 23.2. The molecule has 102 valence electrons. The van der Waals surface area contributed by atoms with E-state index in [1.807, 2.05) is 5.38 Å². The number of hydrogen-bond donors (Lipinski definition) is 1. The number of halogens is 1. The molecule has 3 heterocycles. The predicted molar refractivity (Wildman–Crippen MR) is 74.4 cm³/mol. The molecule has 1 N–H and O–H groups in total. The van der Waals surface area contributed by atoms with Crippen molar-refractivity contribution in [3.8, 4) is 0 Å². The summed E-state index contributed by atoms with van der Waals surface area (Å²) >= 11 is 7.42.